The summed E-state index contributed by atoms with van der Waals surface area (Å²) in [6.07, 6.45) is 6.78. The average Bonchev–Trinajstić information content (AvgIpc) is 3.21. The Balaban J connectivity index is 1.88. The van der Waals surface area contributed by atoms with Crippen LogP contribution in [-0.2, 0) is 14.4 Å². The zero-order chi connectivity index (χ0) is 21.6. The first kappa shape index (κ1) is 23.6. The first-order valence-electron chi connectivity index (χ1n) is 10.7. The van der Waals surface area contributed by atoms with E-state index in [1.807, 2.05) is 0 Å². The van der Waals surface area contributed by atoms with E-state index in [1.54, 1.807) is 14.0 Å². The summed E-state index contributed by atoms with van der Waals surface area (Å²) in [6, 6.07) is -1.37. The number of carbonyl (C=O) groups excluding carboxylic acids is 3. The second-order valence-electron chi connectivity index (χ2n) is 8.30. The molecule has 10 heteroatoms. The van der Waals surface area contributed by atoms with Crippen LogP contribution >= 0.6 is 0 Å². The molecule has 3 atom stereocenters. The Morgan fingerprint density at radius 1 is 1.17 bits per heavy atom. The maximum Gasteiger partial charge on any atom is 0.475 e. The molecular formula is C19H35BN4O5. The highest BCUT2D eigenvalue weighted by Crippen LogP contribution is 2.26. The number of likely N-dealkylation sites (tertiary alicyclic amines) is 1. The third-order valence-corrected chi connectivity index (χ3v) is 6.17. The van der Waals surface area contributed by atoms with Crippen molar-refractivity contribution in [3.05, 3.63) is 0 Å². The molecular weight excluding hydrogens is 375 g/mol. The van der Waals surface area contributed by atoms with Gasteiger partial charge in [-0.15, -0.1) is 0 Å². The molecule has 0 aromatic rings. The van der Waals surface area contributed by atoms with Gasteiger partial charge in [0.05, 0.1) is 18.5 Å². The smallest absolute Gasteiger partial charge is 0.426 e. The van der Waals surface area contributed by atoms with E-state index in [0.29, 0.717) is 25.8 Å². The minimum absolute atomic E-state index is 0.156. The van der Waals surface area contributed by atoms with Crippen LogP contribution in [-0.4, -0.2) is 82.8 Å². The maximum atomic E-state index is 12.7. The van der Waals surface area contributed by atoms with E-state index in [-0.39, 0.29) is 24.3 Å². The lowest BCUT2D eigenvalue weighted by Gasteiger charge is -2.30. The molecule has 2 fully saturated rings. The van der Waals surface area contributed by atoms with Gasteiger partial charge in [-0.1, -0.05) is 26.2 Å². The van der Waals surface area contributed by atoms with Crippen molar-refractivity contribution in [2.45, 2.75) is 76.3 Å². The van der Waals surface area contributed by atoms with Gasteiger partial charge in [0, 0.05) is 13.6 Å². The summed E-state index contributed by atoms with van der Waals surface area (Å²) in [6.45, 7) is 2.04. The summed E-state index contributed by atoms with van der Waals surface area (Å²) in [5.74, 6) is -1.51. The largest absolute Gasteiger partial charge is 0.475 e. The number of likely N-dealkylation sites (N-methyl/N-ethyl adjacent to an activating group) is 1. The van der Waals surface area contributed by atoms with E-state index in [1.165, 1.54) is 16.2 Å². The van der Waals surface area contributed by atoms with Crippen LogP contribution < -0.4 is 11.1 Å². The predicted octanol–water partition coefficient (Wildman–Crippen LogP) is -0.750. The van der Waals surface area contributed by atoms with Gasteiger partial charge in [0.25, 0.3) is 0 Å². The normalized spacial score (nSPS) is 22.1. The van der Waals surface area contributed by atoms with Gasteiger partial charge in [0.1, 0.15) is 6.04 Å². The van der Waals surface area contributed by atoms with Gasteiger partial charge >= 0.3 is 7.12 Å². The lowest BCUT2D eigenvalue weighted by Crippen LogP contribution is -2.55. The predicted molar refractivity (Wildman–Crippen MR) is 109 cm³/mol. The minimum Gasteiger partial charge on any atom is -0.426 e. The summed E-state index contributed by atoms with van der Waals surface area (Å²) in [4.78, 5) is 40.5. The summed E-state index contributed by atoms with van der Waals surface area (Å²) < 4.78 is 0. The Kier molecular flexibility index (Phi) is 8.91. The lowest BCUT2D eigenvalue weighted by molar-refractivity contribution is -0.139. The molecule has 0 spiro atoms. The molecule has 2 rings (SSSR count). The molecule has 2 aliphatic rings. The molecule has 1 saturated heterocycles. The fraction of sp³-hybridized carbons (Fsp3) is 0.842. The summed E-state index contributed by atoms with van der Waals surface area (Å²) in [5.41, 5.74) is 6.14. The molecule has 1 aliphatic carbocycles. The lowest BCUT2D eigenvalue weighted by atomic mass is 9.77. The Hall–Kier alpha value is -1.65. The number of nitrogens with zero attached hydrogens (tertiary/aromatic N) is 2. The number of hydrogen-bond donors (Lipinski definition) is 4. The molecule has 1 aliphatic heterocycles. The molecule has 0 aromatic carbocycles. The van der Waals surface area contributed by atoms with Crippen molar-refractivity contribution in [2.75, 3.05) is 20.1 Å². The van der Waals surface area contributed by atoms with Crippen molar-refractivity contribution < 1.29 is 24.4 Å². The fourth-order valence-electron chi connectivity index (χ4n) is 4.40. The standard InChI is InChI=1S/C19H35BN4O5/c1-3-14(18(26)24-11-7-10-15(24)20(28)29)22-16(25)12-23(2)19(27)17(21)13-8-5-4-6-9-13/h13-15,17,28-29H,3-12,21H2,1-2H3,(H,22,25)/t14-,15-,17-/m0/s1. The van der Waals surface area contributed by atoms with Crippen LogP contribution in [0.15, 0.2) is 0 Å². The van der Waals surface area contributed by atoms with Crippen LogP contribution in [0, 0.1) is 5.92 Å². The zero-order valence-corrected chi connectivity index (χ0v) is 17.5. The highest BCUT2D eigenvalue weighted by Gasteiger charge is 2.39. The number of nitrogens with one attached hydrogen (secondary N) is 1. The van der Waals surface area contributed by atoms with E-state index in [2.05, 4.69) is 5.32 Å². The van der Waals surface area contributed by atoms with Crippen molar-refractivity contribution in [3.63, 3.8) is 0 Å². The van der Waals surface area contributed by atoms with Crippen LogP contribution in [0.4, 0.5) is 0 Å². The van der Waals surface area contributed by atoms with Crippen molar-refractivity contribution in [1.82, 2.24) is 15.1 Å². The van der Waals surface area contributed by atoms with Crippen LogP contribution in [0.1, 0.15) is 58.3 Å². The third kappa shape index (κ3) is 6.17. The fourth-order valence-corrected chi connectivity index (χ4v) is 4.40. The molecule has 1 saturated carbocycles. The molecule has 0 unspecified atom stereocenters. The maximum absolute atomic E-state index is 12.7. The highest BCUT2D eigenvalue weighted by molar-refractivity contribution is 6.43. The van der Waals surface area contributed by atoms with E-state index >= 15 is 0 Å². The summed E-state index contributed by atoms with van der Waals surface area (Å²) >= 11 is 0. The van der Waals surface area contributed by atoms with Gasteiger partial charge in [-0.25, -0.2) is 0 Å². The Labute approximate surface area is 173 Å². The second-order valence-corrected chi connectivity index (χ2v) is 8.30. The topological polar surface area (TPSA) is 136 Å². The molecule has 9 nitrogen and oxygen atoms in total. The van der Waals surface area contributed by atoms with Crippen molar-refractivity contribution in [3.8, 4) is 0 Å². The summed E-state index contributed by atoms with van der Waals surface area (Å²) in [7, 11) is -0.0499. The van der Waals surface area contributed by atoms with Crippen molar-refractivity contribution in [1.29, 1.82) is 0 Å². The van der Waals surface area contributed by atoms with Crippen LogP contribution in [0.25, 0.3) is 0 Å². The molecule has 1 heterocycles. The molecule has 0 aromatic heterocycles. The number of rotatable bonds is 8. The SMILES string of the molecule is CC[C@H](NC(=O)CN(C)C(=O)[C@@H](N)C1CCCCC1)C(=O)N1CCC[C@H]1B(O)O. The highest BCUT2D eigenvalue weighted by atomic mass is 16.4. The number of nitrogens with two attached hydrogens (primary N) is 1. The summed E-state index contributed by atoms with van der Waals surface area (Å²) in [5, 5.41) is 21.6. The molecule has 3 amide bonds. The van der Waals surface area contributed by atoms with E-state index in [9.17, 15) is 24.4 Å². The van der Waals surface area contributed by atoms with Gasteiger partial charge in [0.2, 0.25) is 17.7 Å². The monoisotopic (exact) mass is 410 g/mol. The Morgan fingerprint density at radius 3 is 2.41 bits per heavy atom. The van der Waals surface area contributed by atoms with Crippen molar-refractivity contribution >= 4 is 24.8 Å². The first-order valence-corrected chi connectivity index (χ1v) is 10.7. The third-order valence-electron chi connectivity index (χ3n) is 6.17. The number of amides is 3. The molecule has 5 N–H and O–H groups in total. The van der Waals surface area contributed by atoms with Gasteiger partial charge in [0.15, 0.2) is 0 Å². The molecule has 0 bridgehead atoms. The van der Waals surface area contributed by atoms with E-state index in [4.69, 9.17) is 5.73 Å². The van der Waals surface area contributed by atoms with Crippen molar-refractivity contribution in [2.24, 2.45) is 11.7 Å². The Morgan fingerprint density at radius 2 is 1.83 bits per heavy atom. The van der Waals surface area contributed by atoms with Gasteiger partial charge in [-0.3, -0.25) is 14.4 Å². The minimum atomic E-state index is -1.60. The second kappa shape index (κ2) is 10.9. The van der Waals surface area contributed by atoms with E-state index in [0.717, 1.165) is 25.7 Å². The van der Waals surface area contributed by atoms with Crippen LogP contribution in [0.2, 0.25) is 0 Å². The zero-order valence-electron chi connectivity index (χ0n) is 17.5. The van der Waals surface area contributed by atoms with Crippen LogP contribution in [0.5, 0.6) is 0 Å². The average molecular weight is 410 g/mol. The quantitative estimate of drug-likeness (QED) is 0.389. The Bertz CT molecular complexity index is 585. The molecule has 29 heavy (non-hydrogen) atoms. The van der Waals surface area contributed by atoms with Gasteiger partial charge < -0.3 is 30.9 Å². The molecule has 164 valence electrons. The van der Waals surface area contributed by atoms with Crippen LogP contribution in [0.3, 0.4) is 0 Å². The molecule has 0 radical (unpaired) electrons. The number of carbonyl (C=O) groups is 3. The number of hydrogen-bond acceptors (Lipinski definition) is 6. The van der Waals surface area contributed by atoms with Gasteiger partial charge in [-0.05, 0) is 38.0 Å². The van der Waals surface area contributed by atoms with E-state index < -0.39 is 31.1 Å². The van der Waals surface area contributed by atoms with Gasteiger partial charge in [-0.2, -0.15) is 0 Å². The first-order chi connectivity index (χ1) is 13.8.